The topological polar surface area (TPSA) is 86.1 Å². The zero-order chi connectivity index (χ0) is 23.9. The van der Waals surface area contributed by atoms with Crippen molar-refractivity contribution in [2.24, 2.45) is 0 Å². The van der Waals surface area contributed by atoms with E-state index in [1.54, 1.807) is 0 Å². The van der Waals surface area contributed by atoms with Crippen LogP contribution in [0.25, 0.3) is 11.5 Å². The predicted molar refractivity (Wildman–Crippen MR) is 131 cm³/mol. The third-order valence-electron chi connectivity index (χ3n) is 5.53. The number of rotatable bonds is 9. The van der Waals surface area contributed by atoms with E-state index in [2.05, 4.69) is 15.2 Å². The quantitative estimate of drug-likeness (QED) is 0.499. The van der Waals surface area contributed by atoms with E-state index in [-0.39, 0.29) is 12.3 Å². The molecule has 0 aliphatic carbocycles. The van der Waals surface area contributed by atoms with Crippen molar-refractivity contribution in [3.05, 3.63) is 53.9 Å². The maximum absolute atomic E-state index is 13.0. The zero-order valence-corrected chi connectivity index (χ0v) is 19.9. The summed E-state index contributed by atoms with van der Waals surface area (Å²) >= 11 is 0. The van der Waals surface area contributed by atoms with Crippen molar-refractivity contribution in [3.8, 4) is 23.0 Å². The van der Waals surface area contributed by atoms with Gasteiger partial charge in [-0.25, -0.2) is 4.98 Å². The lowest BCUT2D eigenvalue weighted by Gasteiger charge is -2.31. The molecule has 2 heterocycles. The van der Waals surface area contributed by atoms with Crippen molar-refractivity contribution in [3.63, 3.8) is 0 Å². The van der Waals surface area contributed by atoms with Gasteiger partial charge in [0.15, 0.2) is 0 Å². The number of carbonyl (C=O) groups excluding carboxylic acids is 1. The predicted octanol–water partition coefficient (Wildman–Crippen LogP) is 4.47. The molecule has 180 valence electrons. The smallest absolute Gasteiger partial charge is 0.230 e. The molecule has 3 aromatic rings. The van der Waals surface area contributed by atoms with E-state index in [1.807, 2.05) is 63.2 Å². The van der Waals surface area contributed by atoms with E-state index >= 15 is 0 Å². The van der Waals surface area contributed by atoms with Gasteiger partial charge in [0, 0.05) is 30.8 Å². The number of ether oxygens (including phenoxy) is 3. The van der Waals surface area contributed by atoms with Gasteiger partial charge in [0.25, 0.3) is 0 Å². The van der Waals surface area contributed by atoms with Crippen LogP contribution < -0.4 is 19.7 Å². The van der Waals surface area contributed by atoms with Crippen LogP contribution in [-0.4, -0.2) is 50.4 Å². The van der Waals surface area contributed by atoms with Crippen LogP contribution in [0.2, 0.25) is 0 Å². The Morgan fingerprint density at radius 1 is 1.06 bits per heavy atom. The number of morpholine rings is 1. The van der Waals surface area contributed by atoms with E-state index in [0.29, 0.717) is 61.0 Å². The molecule has 0 radical (unpaired) electrons. The number of hydrogen-bond acceptors (Lipinski definition) is 7. The number of aryl methyl sites for hydroxylation is 1. The highest BCUT2D eigenvalue weighted by Gasteiger charge is 2.21. The number of nitrogens with one attached hydrogen (secondary N) is 1. The van der Waals surface area contributed by atoms with Crippen LogP contribution in [0.3, 0.4) is 0 Å². The number of benzene rings is 2. The Morgan fingerprint density at radius 3 is 2.47 bits per heavy atom. The number of anilines is 2. The van der Waals surface area contributed by atoms with Gasteiger partial charge in [0.1, 0.15) is 17.3 Å². The Labute approximate surface area is 199 Å². The van der Waals surface area contributed by atoms with Gasteiger partial charge in [-0.3, -0.25) is 4.79 Å². The SMILES string of the molecule is CCOc1cc(N2CCOCC2)c(OCC)cc1NC(=O)Cc1nc(-c2ccccc2)oc1C. The summed E-state index contributed by atoms with van der Waals surface area (Å²) < 4.78 is 23.1. The van der Waals surface area contributed by atoms with E-state index < -0.39 is 0 Å². The summed E-state index contributed by atoms with van der Waals surface area (Å²) in [5.74, 6) is 2.22. The van der Waals surface area contributed by atoms with Crippen LogP contribution >= 0.6 is 0 Å². The number of carbonyl (C=O) groups is 1. The van der Waals surface area contributed by atoms with Crippen LogP contribution in [0.15, 0.2) is 46.9 Å². The lowest BCUT2D eigenvalue weighted by Crippen LogP contribution is -2.36. The van der Waals surface area contributed by atoms with Gasteiger partial charge in [0.05, 0.1) is 49.9 Å². The van der Waals surface area contributed by atoms with Crippen molar-refractivity contribution in [1.82, 2.24) is 4.98 Å². The Hall–Kier alpha value is -3.52. The first kappa shape index (κ1) is 23.6. The summed E-state index contributed by atoms with van der Waals surface area (Å²) in [6, 6.07) is 13.4. The fraction of sp³-hybridized carbons (Fsp3) is 0.385. The highest BCUT2D eigenvalue weighted by Crippen LogP contribution is 2.39. The fourth-order valence-corrected chi connectivity index (χ4v) is 3.89. The molecule has 1 N–H and O–H groups in total. The molecule has 34 heavy (non-hydrogen) atoms. The van der Waals surface area contributed by atoms with Crippen LogP contribution in [-0.2, 0) is 16.0 Å². The fourth-order valence-electron chi connectivity index (χ4n) is 3.89. The number of aromatic nitrogens is 1. The molecule has 1 saturated heterocycles. The molecule has 0 unspecified atom stereocenters. The Bertz CT molecular complexity index is 1110. The van der Waals surface area contributed by atoms with Crippen LogP contribution in [0.1, 0.15) is 25.3 Å². The van der Waals surface area contributed by atoms with Crippen molar-refractivity contribution in [2.75, 3.05) is 49.7 Å². The van der Waals surface area contributed by atoms with Gasteiger partial charge < -0.3 is 28.8 Å². The lowest BCUT2D eigenvalue weighted by atomic mass is 10.2. The Kier molecular flexibility index (Phi) is 7.69. The van der Waals surface area contributed by atoms with Crippen LogP contribution in [0, 0.1) is 6.92 Å². The average molecular weight is 466 g/mol. The van der Waals surface area contributed by atoms with Crippen molar-refractivity contribution >= 4 is 17.3 Å². The zero-order valence-electron chi connectivity index (χ0n) is 19.9. The normalized spacial score (nSPS) is 13.6. The summed E-state index contributed by atoms with van der Waals surface area (Å²) in [6.07, 6.45) is 0.0862. The van der Waals surface area contributed by atoms with Gasteiger partial charge in [-0.2, -0.15) is 0 Å². The van der Waals surface area contributed by atoms with E-state index in [9.17, 15) is 4.79 Å². The molecule has 1 aromatic heterocycles. The first-order chi connectivity index (χ1) is 16.6. The molecule has 8 nitrogen and oxygen atoms in total. The van der Waals surface area contributed by atoms with Gasteiger partial charge in [-0.05, 0) is 32.9 Å². The summed E-state index contributed by atoms with van der Waals surface area (Å²) in [5, 5.41) is 2.98. The molecule has 0 bridgehead atoms. The summed E-state index contributed by atoms with van der Waals surface area (Å²) in [7, 11) is 0. The Balaban J connectivity index is 1.56. The molecule has 8 heteroatoms. The van der Waals surface area contributed by atoms with Crippen molar-refractivity contribution in [1.29, 1.82) is 0 Å². The first-order valence-electron chi connectivity index (χ1n) is 11.7. The van der Waals surface area contributed by atoms with Gasteiger partial charge in [0.2, 0.25) is 11.8 Å². The van der Waals surface area contributed by atoms with Crippen molar-refractivity contribution in [2.45, 2.75) is 27.2 Å². The van der Waals surface area contributed by atoms with Crippen LogP contribution in [0.5, 0.6) is 11.5 Å². The third-order valence-corrected chi connectivity index (χ3v) is 5.53. The standard InChI is InChI=1S/C26H31N3O5/c1-4-32-23-17-22(29-11-13-31-14-12-29)24(33-5-2)15-21(23)27-25(30)16-20-18(3)34-26(28-20)19-9-7-6-8-10-19/h6-10,15,17H,4-5,11-14,16H2,1-3H3,(H,27,30). The second-order valence-electron chi connectivity index (χ2n) is 7.89. The monoisotopic (exact) mass is 465 g/mol. The molecule has 1 aliphatic heterocycles. The summed E-state index contributed by atoms with van der Waals surface area (Å²) in [5.41, 5.74) is 2.98. The molecular formula is C26H31N3O5. The maximum Gasteiger partial charge on any atom is 0.230 e. The number of oxazole rings is 1. The number of hydrogen-bond donors (Lipinski definition) is 1. The second kappa shape index (κ2) is 11.1. The maximum atomic E-state index is 13.0. The highest BCUT2D eigenvalue weighted by atomic mass is 16.5. The highest BCUT2D eigenvalue weighted by molar-refractivity contribution is 5.94. The van der Waals surface area contributed by atoms with Crippen molar-refractivity contribution < 1.29 is 23.4 Å². The molecule has 0 atom stereocenters. The minimum atomic E-state index is -0.210. The molecule has 1 fully saturated rings. The molecule has 0 saturated carbocycles. The summed E-state index contributed by atoms with van der Waals surface area (Å²) in [6.45, 7) is 9.53. The largest absolute Gasteiger partial charge is 0.492 e. The van der Waals surface area contributed by atoms with Gasteiger partial charge in [-0.15, -0.1) is 0 Å². The lowest BCUT2D eigenvalue weighted by molar-refractivity contribution is -0.115. The van der Waals surface area contributed by atoms with Gasteiger partial charge in [-0.1, -0.05) is 18.2 Å². The third kappa shape index (κ3) is 5.51. The molecular weight excluding hydrogens is 434 g/mol. The number of nitrogens with zero attached hydrogens (tertiary/aromatic N) is 2. The molecule has 2 aromatic carbocycles. The Morgan fingerprint density at radius 2 is 1.76 bits per heavy atom. The molecule has 0 spiro atoms. The average Bonchev–Trinajstić information content (AvgIpc) is 3.22. The molecule has 1 amide bonds. The van der Waals surface area contributed by atoms with Gasteiger partial charge >= 0.3 is 0 Å². The van der Waals surface area contributed by atoms with Crippen LogP contribution in [0.4, 0.5) is 11.4 Å². The van der Waals surface area contributed by atoms with E-state index in [4.69, 9.17) is 18.6 Å². The minimum Gasteiger partial charge on any atom is -0.492 e. The minimum absolute atomic E-state index is 0.0862. The van der Waals surface area contributed by atoms with E-state index in [0.717, 1.165) is 24.3 Å². The second-order valence-corrected chi connectivity index (χ2v) is 7.89. The first-order valence-corrected chi connectivity index (χ1v) is 11.7. The molecule has 4 rings (SSSR count). The number of amides is 1. The van der Waals surface area contributed by atoms with E-state index in [1.165, 1.54) is 0 Å². The molecule has 1 aliphatic rings. The summed E-state index contributed by atoms with van der Waals surface area (Å²) in [4.78, 5) is 19.7.